The zero-order chi connectivity index (χ0) is 12.8. The van der Waals surface area contributed by atoms with E-state index in [0.717, 1.165) is 12.8 Å². The molecule has 0 aromatic heterocycles. The van der Waals surface area contributed by atoms with E-state index in [1.165, 1.54) is 4.31 Å². The van der Waals surface area contributed by atoms with Gasteiger partial charge in [-0.3, -0.25) is 0 Å². The average molecular weight is 251 g/mol. The van der Waals surface area contributed by atoms with Gasteiger partial charge in [-0.05, 0) is 32.7 Å². The maximum Gasteiger partial charge on any atom is 0.279 e. The van der Waals surface area contributed by atoms with Crippen LogP contribution in [-0.2, 0) is 10.2 Å². The second-order valence-electron chi connectivity index (χ2n) is 4.32. The van der Waals surface area contributed by atoms with Gasteiger partial charge in [0, 0.05) is 19.6 Å². The minimum Gasteiger partial charge on any atom is -0.330 e. The predicted molar refractivity (Wildman–Crippen MR) is 67.3 cm³/mol. The normalized spacial score (nSPS) is 14.7. The lowest BCUT2D eigenvalue weighted by molar-refractivity contribution is 0.392. The van der Waals surface area contributed by atoms with Crippen LogP contribution in [0.25, 0.3) is 0 Å². The van der Waals surface area contributed by atoms with Crippen LogP contribution >= 0.6 is 0 Å². The van der Waals surface area contributed by atoms with E-state index in [-0.39, 0.29) is 6.04 Å². The molecule has 0 aliphatic heterocycles. The fourth-order valence-electron chi connectivity index (χ4n) is 1.29. The molecule has 0 bridgehead atoms. The van der Waals surface area contributed by atoms with Gasteiger partial charge in [-0.15, -0.1) is 0 Å². The molecule has 5 nitrogen and oxygen atoms in total. The Morgan fingerprint density at radius 1 is 1.38 bits per heavy atom. The van der Waals surface area contributed by atoms with Gasteiger partial charge in [-0.25, -0.2) is 4.72 Å². The van der Waals surface area contributed by atoms with Crippen molar-refractivity contribution in [3.05, 3.63) is 0 Å². The fraction of sp³-hybridized carbons (Fsp3) is 1.00. The van der Waals surface area contributed by atoms with Crippen LogP contribution in [0.15, 0.2) is 0 Å². The zero-order valence-electron chi connectivity index (χ0n) is 10.7. The van der Waals surface area contributed by atoms with E-state index in [0.29, 0.717) is 19.0 Å². The highest BCUT2D eigenvalue weighted by molar-refractivity contribution is 7.87. The van der Waals surface area contributed by atoms with E-state index in [1.807, 2.05) is 20.8 Å². The standard InChI is InChI=1S/C10H25N3O2S/c1-5-10(6-7-11)8-12-16(14,15)13(4)9(2)3/h9-10,12H,5-8,11H2,1-4H3. The molecule has 0 radical (unpaired) electrons. The number of rotatable bonds is 8. The van der Waals surface area contributed by atoms with Gasteiger partial charge in [-0.2, -0.15) is 12.7 Å². The Hall–Kier alpha value is -0.170. The van der Waals surface area contributed by atoms with Crippen molar-refractivity contribution >= 4 is 10.2 Å². The lowest BCUT2D eigenvalue weighted by Gasteiger charge is -2.23. The molecule has 0 aliphatic rings. The van der Waals surface area contributed by atoms with Gasteiger partial charge in [0.25, 0.3) is 10.2 Å². The van der Waals surface area contributed by atoms with Crippen molar-refractivity contribution in [2.45, 2.75) is 39.7 Å². The third-order valence-electron chi connectivity index (χ3n) is 2.81. The minimum atomic E-state index is -3.34. The molecule has 3 N–H and O–H groups in total. The quantitative estimate of drug-likeness (QED) is 0.661. The van der Waals surface area contributed by atoms with Crippen LogP contribution in [0, 0.1) is 5.92 Å². The summed E-state index contributed by atoms with van der Waals surface area (Å²) in [6, 6.07) is -0.0351. The first-order chi connectivity index (χ1) is 7.35. The first kappa shape index (κ1) is 15.8. The molecule has 0 rings (SSSR count). The van der Waals surface area contributed by atoms with Crippen LogP contribution in [0.4, 0.5) is 0 Å². The summed E-state index contributed by atoms with van der Waals surface area (Å²) in [6.45, 7) is 6.79. The van der Waals surface area contributed by atoms with Crippen LogP contribution < -0.4 is 10.5 Å². The maximum atomic E-state index is 11.8. The van der Waals surface area contributed by atoms with E-state index in [2.05, 4.69) is 4.72 Å². The monoisotopic (exact) mass is 251 g/mol. The Morgan fingerprint density at radius 2 is 1.94 bits per heavy atom. The van der Waals surface area contributed by atoms with Crippen LogP contribution in [0.3, 0.4) is 0 Å². The summed E-state index contributed by atoms with van der Waals surface area (Å²) in [7, 11) is -1.76. The van der Waals surface area contributed by atoms with Crippen LogP contribution in [0.5, 0.6) is 0 Å². The van der Waals surface area contributed by atoms with Gasteiger partial charge >= 0.3 is 0 Å². The topological polar surface area (TPSA) is 75.4 Å². The Morgan fingerprint density at radius 3 is 2.31 bits per heavy atom. The highest BCUT2D eigenvalue weighted by atomic mass is 32.2. The molecule has 98 valence electrons. The van der Waals surface area contributed by atoms with Gasteiger partial charge in [0.05, 0.1) is 0 Å². The number of hydrogen-bond donors (Lipinski definition) is 2. The van der Waals surface area contributed by atoms with Crippen molar-refractivity contribution in [2.24, 2.45) is 11.7 Å². The van der Waals surface area contributed by atoms with Crippen molar-refractivity contribution in [2.75, 3.05) is 20.1 Å². The molecule has 0 aromatic rings. The lowest BCUT2D eigenvalue weighted by Crippen LogP contribution is -2.43. The third-order valence-corrected chi connectivity index (χ3v) is 4.52. The second-order valence-corrected chi connectivity index (χ2v) is 6.13. The maximum absolute atomic E-state index is 11.8. The van der Waals surface area contributed by atoms with Crippen molar-refractivity contribution < 1.29 is 8.42 Å². The Labute approximate surface area is 99.6 Å². The summed E-state index contributed by atoms with van der Waals surface area (Å²) in [5.74, 6) is 0.320. The van der Waals surface area contributed by atoms with Crippen molar-refractivity contribution in [1.29, 1.82) is 0 Å². The molecule has 16 heavy (non-hydrogen) atoms. The summed E-state index contributed by atoms with van der Waals surface area (Å²) >= 11 is 0. The largest absolute Gasteiger partial charge is 0.330 e. The Balaban J connectivity index is 4.27. The molecule has 0 saturated carbocycles. The van der Waals surface area contributed by atoms with E-state index in [9.17, 15) is 8.42 Å². The highest BCUT2D eigenvalue weighted by Crippen LogP contribution is 2.07. The number of nitrogens with one attached hydrogen (secondary N) is 1. The van der Waals surface area contributed by atoms with Crippen LogP contribution in [-0.4, -0.2) is 38.9 Å². The number of nitrogens with two attached hydrogens (primary N) is 1. The van der Waals surface area contributed by atoms with Crippen molar-refractivity contribution in [1.82, 2.24) is 9.03 Å². The Bertz CT molecular complexity index is 278. The number of nitrogens with zero attached hydrogens (tertiary/aromatic N) is 1. The molecule has 0 fully saturated rings. The van der Waals surface area contributed by atoms with Crippen molar-refractivity contribution in [3.63, 3.8) is 0 Å². The van der Waals surface area contributed by atoms with Gasteiger partial charge in [0.1, 0.15) is 0 Å². The molecule has 0 aromatic carbocycles. The summed E-state index contributed by atoms with van der Waals surface area (Å²) in [4.78, 5) is 0. The Kier molecular flexibility index (Phi) is 7.14. The van der Waals surface area contributed by atoms with Gasteiger partial charge < -0.3 is 5.73 Å². The van der Waals surface area contributed by atoms with Gasteiger partial charge in [0.2, 0.25) is 0 Å². The molecule has 0 saturated heterocycles. The first-order valence-electron chi connectivity index (χ1n) is 5.77. The predicted octanol–water partition coefficient (Wildman–Crippen LogP) is 0.536. The SMILES string of the molecule is CCC(CCN)CNS(=O)(=O)N(C)C(C)C. The lowest BCUT2D eigenvalue weighted by atomic mass is 10.0. The van der Waals surface area contributed by atoms with E-state index in [1.54, 1.807) is 7.05 Å². The molecule has 0 spiro atoms. The molecule has 0 heterocycles. The molecule has 1 unspecified atom stereocenters. The van der Waals surface area contributed by atoms with E-state index in [4.69, 9.17) is 5.73 Å². The van der Waals surface area contributed by atoms with Gasteiger partial charge in [-0.1, -0.05) is 13.3 Å². The van der Waals surface area contributed by atoms with Gasteiger partial charge in [0.15, 0.2) is 0 Å². The van der Waals surface area contributed by atoms with Crippen molar-refractivity contribution in [3.8, 4) is 0 Å². The van der Waals surface area contributed by atoms with E-state index >= 15 is 0 Å². The average Bonchev–Trinajstić information content (AvgIpc) is 2.22. The summed E-state index contributed by atoms with van der Waals surface area (Å²) in [5, 5.41) is 0. The van der Waals surface area contributed by atoms with E-state index < -0.39 is 10.2 Å². The fourth-order valence-corrected chi connectivity index (χ4v) is 2.49. The smallest absolute Gasteiger partial charge is 0.279 e. The highest BCUT2D eigenvalue weighted by Gasteiger charge is 2.20. The molecule has 1 atom stereocenters. The summed E-state index contributed by atoms with van der Waals surface area (Å²) < 4.78 is 27.5. The first-order valence-corrected chi connectivity index (χ1v) is 7.21. The molecule has 6 heteroatoms. The molecular formula is C10H25N3O2S. The second kappa shape index (κ2) is 7.21. The molecule has 0 amide bonds. The minimum absolute atomic E-state index is 0.0351. The number of hydrogen-bond acceptors (Lipinski definition) is 3. The third kappa shape index (κ3) is 5.25. The zero-order valence-corrected chi connectivity index (χ0v) is 11.5. The summed E-state index contributed by atoms with van der Waals surface area (Å²) in [5.41, 5.74) is 5.46. The van der Waals surface area contributed by atoms with Crippen LogP contribution in [0.1, 0.15) is 33.6 Å². The summed E-state index contributed by atoms with van der Waals surface area (Å²) in [6.07, 6.45) is 1.79. The molecule has 0 aliphatic carbocycles. The molecular weight excluding hydrogens is 226 g/mol. The van der Waals surface area contributed by atoms with Crippen LogP contribution in [0.2, 0.25) is 0 Å².